The van der Waals surface area contributed by atoms with Crippen LogP contribution in [0.1, 0.15) is 13.8 Å². The van der Waals surface area contributed by atoms with Crippen molar-refractivity contribution >= 4 is 20.9 Å². The number of benzene rings is 5. The lowest BCUT2D eigenvalue weighted by Gasteiger charge is -2.28. The predicted molar refractivity (Wildman–Crippen MR) is 169 cm³/mol. The highest BCUT2D eigenvalue weighted by Crippen LogP contribution is 2.68. The zero-order valence-electron chi connectivity index (χ0n) is 22.8. The second-order valence-corrected chi connectivity index (χ2v) is 13.4. The number of nitrogens with zero attached hydrogens (tertiary/aromatic N) is 2. The topological polar surface area (TPSA) is 25.8 Å². The minimum atomic E-state index is -1.11. The molecular formula is C36H32N2S. The molecule has 0 saturated heterocycles. The molecule has 7 rings (SSSR count). The van der Waals surface area contributed by atoms with E-state index in [0.29, 0.717) is 0 Å². The van der Waals surface area contributed by atoms with Crippen LogP contribution in [0.3, 0.4) is 0 Å². The Labute approximate surface area is 232 Å². The first-order valence-corrected chi connectivity index (χ1v) is 15.9. The lowest BCUT2D eigenvalue weighted by molar-refractivity contribution is 1.22. The smallest absolute Gasteiger partial charge is 0.160 e. The van der Waals surface area contributed by atoms with Crippen molar-refractivity contribution in [2.24, 2.45) is 0 Å². The number of fused-ring (bicyclic) bond motifs is 5. The Bertz CT molecular complexity index is 1770. The highest BCUT2D eigenvalue weighted by Gasteiger charge is 2.33. The molecule has 5 aromatic carbocycles. The lowest BCUT2D eigenvalue weighted by Crippen LogP contribution is -1.98. The Morgan fingerprint density at radius 3 is 1.74 bits per heavy atom. The van der Waals surface area contributed by atoms with Crippen molar-refractivity contribution < 1.29 is 0 Å². The summed E-state index contributed by atoms with van der Waals surface area (Å²) in [5.41, 5.74) is 9.14. The normalized spacial score (nSPS) is 13.6. The largest absolute Gasteiger partial charge is 0.227 e. The summed E-state index contributed by atoms with van der Waals surface area (Å²) in [5.74, 6) is 0.765. The standard InChI is InChI=1S/C34H26N2S.C2H6/c1-37(2)29-16-10-9-15-27(29)31-30(37)22-21-28-32(35-34(36-33(28)31)26-13-7-4-8-14-26)25-19-17-24(18-20-25)23-11-5-3-6-12-23;1-2/h3-22H,1-2H3;1-2H3. The number of hydrogen-bond donors (Lipinski definition) is 0. The molecule has 0 fully saturated rings. The second kappa shape index (κ2) is 10.2. The first-order valence-electron chi connectivity index (χ1n) is 13.5. The Balaban J connectivity index is 0.00000135. The van der Waals surface area contributed by atoms with Gasteiger partial charge in [0, 0.05) is 31.9 Å². The number of aromatic nitrogens is 2. The maximum absolute atomic E-state index is 5.24. The van der Waals surface area contributed by atoms with Crippen LogP contribution in [0.4, 0.5) is 0 Å². The van der Waals surface area contributed by atoms with Gasteiger partial charge < -0.3 is 0 Å². The molecule has 6 aromatic rings. The van der Waals surface area contributed by atoms with Gasteiger partial charge in [-0.3, -0.25) is 0 Å². The number of hydrogen-bond acceptors (Lipinski definition) is 2. The minimum absolute atomic E-state index is 0.765. The van der Waals surface area contributed by atoms with E-state index < -0.39 is 10.0 Å². The molecule has 0 N–H and O–H groups in total. The van der Waals surface area contributed by atoms with Crippen molar-refractivity contribution in [1.29, 1.82) is 0 Å². The molecule has 0 amide bonds. The fourth-order valence-electron chi connectivity index (χ4n) is 5.49. The molecule has 0 saturated carbocycles. The first-order chi connectivity index (χ1) is 19.1. The van der Waals surface area contributed by atoms with Gasteiger partial charge >= 0.3 is 0 Å². The van der Waals surface area contributed by atoms with Gasteiger partial charge in [0.25, 0.3) is 0 Å². The average Bonchev–Trinajstić information content (AvgIpc) is 3.25. The van der Waals surface area contributed by atoms with E-state index in [1.54, 1.807) is 0 Å². The van der Waals surface area contributed by atoms with Gasteiger partial charge in [0.2, 0.25) is 0 Å². The quantitative estimate of drug-likeness (QED) is 0.230. The van der Waals surface area contributed by atoms with Crippen molar-refractivity contribution in [3.63, 3.8) is 0 Å². The molecule has 0 radical (unpaired) electrons. The van der Waals surface area contributed by atoms with Crippen LogP contribution in [-0.2, 0) is 0 Å². The van der Waals surface area contributed by atoms with Crippen LogP contribution in [-0.4, -0.2) is 22.5 Å². The summed E-state index contributed by atoms with van der Waals surface area (Å²) in [5, 5.41) is 1.10. The third-order valence-electron chi connectivity index (χ3n) is 7.38. The van der Waals surface area contributed by atoms with Crippen molar-refractivity contribution in [3.05, 3.63) is 121 Å². The SMILES string of the molecule is CC.CS1(C)c2ccccc2-c2c1ccc1c(-c3ccc(-c4ccccc4)cc3)nc(-c3ccccc3)nc21. The molecule has 0 unspecified atom stereocenters. The molecular weight excluding hydrogens is 492 g/mol. The van der Waals surface area contributed by atoms with E-state index in [-0.39, 0.29) is 0 Å². The average molecular weight is 525 g/mol. The third-order valence-corrected chi connectivity index (χ3v) is 10.3. The fraction of sp³-hybridized carbons (Fsp3) is 0.111. The summed E-state index contributed by atoms with van der Waals surface area (Å²) in [7, 11) is -1.11. The summed E-state index contributed by atoms with van der Waals surface area (Å²) in [6.07, 6.45) is 4.79. The molecule has 2 heterocycles. The van der Waals surface area contributed by atoms with Crippen LogP contribution in [0.5, 0.6) is 0 Å². The summed E-state index contributed by atoms with van der Waals surface area (Å²) < 4.78 is 0. The maximum Gasteiger partial charge on any atom is 0.160 e. The predicted octanol–water partition coefficient (Wildman–Crippen LogP) is 10.1. The molecule has 3 heteroatoms. The molecule has 0 aliphatic carbocycles. The van der Waals surface area contributed by atoms with Crippen LogP contribution in [0.2, 0.25) is 0 Å². The van der Waals surface area contributed by atoms with Crippen LogP contribution in [0.25, 0.3) is 55.8 Å². The van der Waals surface area contributed by atoms with E-state index in [4.69, 9.17) is 9.97 Å². The van der Waals surface area contributed by atoms with E-state index in [2.05, 4.69) is 128 Å². The molecule has 192 valence electrons. The van der Waals surface area contributed by atoms with Gasteiger partial charge in [-0.2, -0.15) is 10.0 Å². The minimum Gasteiger partial charge on any atom is -0.227 e. The molecule has 2 nitrogen and oxygen atoms in total. The van der Waals surface area contributed by atoms with Gasteiger partial charge in [0.15, 0.2) is 5.82 Å². The number of rotatable bonds is 3. The molecule has 0 atom stereocenters. The summed E-state index contributed by atoms with van der Waals surface area (Å²) in [6, 6.07) is 43.0. The monoisotopic (exact) mass is 524 g/mol. The summed E-state index contributed by atoms with van der Waals surface area (Å²) in [6.45, 7) is 4.00. The van der Waals surface area contributed by atoms with Crippen LogP contribution in [0, 0.1) is 0 Å². The van der Waals surface area contributed by atoms with Gasteiger partial charge in [-0.25, -0.2) is 9.97 Å². The van der Waals surface area contributed by atoms with E-state index in [1.165, 1.54) is 32.0 Å². The highest BCUT2D eigenvalue weighted by molar-refractivity contribution is 8.33. The van der Waals surface area contributed by atoms with E-state index in [9.17, 15) is 0 Å². The molecule has 1 aromatic heterocycles. The van der Waals surface area contributed by atoms with Crippen LogP contribution in [0.15, 0.2) is 131 Å². The Hall–Kier alpha value is -4.21. The van der Waals surface area contributed by atoms with E-state index in [0.717, 1.165) is 33.5 Å². The van der Waals surface area contributed by atoms with Crippen molar-refractivity contribution in [1.82, 2.24) is 9.97 Å². The molecule has 0 bridgehead atoms. The van der Waals surface area contributed by atoms with Gasteiger partial charge in [-0.05, 0) is 47.4 Å². The Kier molecular flexibility index (Phi) is 6.54. The summed E-state index contributed by atoms with van der Waals surface area (Å²) >= 11 is 0. The van der Waals surface area contributed by atoms with Crippen LogP contribution < -0.4 is 0 Å². The maximum atomic E-state index is 5.24. The van der Waals surface area contributed by atoms with Crippen molar-refractivity contribution in [2.75, 3.05) is 12.5 Å². The van der Waals surface area contributed by atoms with Gasteiger partial charge in [0.05, 0.1) is 11.2 Å². The molecule has 0 spiro atoms. The first kappa shape index (κ1) is 25.1. The zero-order valence-corrected chi connectivity index (χ0v) is 23.7. The molecule has 1 aliphatic rings. The zero-order chi connectivity index (χ0) is 27.0. The third kappa shape index (κ3) is 4.24. The molecule has 1 aliphatic heterocycles. The van der Waals surface area contributed by atoms with Crippen molar-refractivity contribution in [3.8, 4) is 44.9 Å². The second-order valence-electron chi connectivity index (χ2n) is 9.86. The van der Waals surface area contributed by atoms with Gasteiger partial charge in [-0.15, -0.1) is 0 Å². The van der Waals surface area contributed by atoms with E-state index in [1.807, 2.05) is 19.9 Å². The molecule has 39 heavy (non-hydrogen) atoms. The summed E-state index contributed by atoms with van der Waals surface area (Å²) in [4.78, 5) is 13.2. The Morgan fingerprint density at radius 2 is 1.05 bits per heavy atom. The van der Waals surface area contributed by atoms with Gasteiger partial charge in [0.1, 0.15) is 0 Å². The van der Waals surface area contributed by atoms with Crippen molar-refractivity contribution in [2.45, 2.75) is 23.6 Å². The fourth-order valence-corrected chi connectivity index (χ4v) is 7.99. The lowest BCUT2D eigenvalue weighted by atomic mass is 9.97. The Morgan fingerprint density at radius 1 is 0.487 bits per heavy atom. The van der Waals surface area contributed by atoms with Crippen LogP contribution >= 0.6 is 10.0 Å². The van der Waals surface area contributed by atoms with E-state index >= 15 is 0 Å². The highest BCUT2D eigenvalue weighted by atomic mass is 32.3. The van der Waals surface area contributed by atoms with Gasteiger partial charge in [-0.1, -0.05) is 117 Å².